The van der Waals surface area contributed by atoms with E-state index in [1.165, 1.54) is 24.1 Å². The van der Waals surface area contributed by atoms with Crippen molar-refractivity contribution >= 4 is 17.3 Å². The van der Waals surface area contributed by atoms with Crippen LogP contribution in [0.5, 0.6) is 0 Å². The molecule has 0 N–H and O–H groups in total. The summed E-state index contributed by atoms with van der Waals surface area (Å²) in [7, 11) is 0. The van der Waals surface area contributed by atoms with Crippen molar-refractivity contribution in [3.63, 3.8) is 0 Å². The molecule has 1 aromatic carbocycles. The second kappa shape index (κ2) is 7.56. The Bertz CT molecular complexity index is 299. The molecule has 0 unspecified atom stereocenters. The molecular formula is C14H22ClN. The molecule has 1 nitrogen and oxygen atoms in total. The van der Waals surface area contributed by atoms with Crippen molar-refractivity contribution in [1.29, 1.82) is 0 Å². The first-order valence-corrected chi connectivity index (χ1v) is 6.69. The maximum atomic E-state index is 5.68. The molecule has 2 heteroatoms. The summed E-state index contributed by atoms with van der Waals surface area (Å²) in [6.07, 6.45) is 3.59. The third-order valence-electron chi connectivity index (χ3n) is 2.90. The van der Waals surface area contributed by atoms with Crippen molar-refractivity contribution in [3.8, 4) is 0 Å². The van der Waals surface area contributed by atoms with Gasteiger partial charge in [0.15, 0.2) is 0 Å². The van der Waals surface area contributed by atoms with E-state index in [4.69, 9.17) is 11.6 Å². The van der Waals surface area contributed by atoms with Gasteiger partial charge in [0.2, 0.25) is 0 Å². The van der Waals surface area contributed by atoms with Crippen LogP contribution in [0, 0.1) is 6.92 Å². The number of hydrogen-bond donors (Lipinski definition) is 0. The van der Waals surface area contributed by atoms with Crippen LogP contribution in [-0.2, 0) is 0 Å². The lowest BCUT2D eigenvalue weighted by Crippen LogP contribution is -2.24. The minimum absolute atomic E-state index is 0.788. The van der Waals surface area contributed by atoms with Crippen molar-refractivity contribution < 1.29 is 0 Å². The van der Waals surface area contributed by atoms with Crippen molar-refractivity contribution in [3.05, 3.63) is 29.8 Å². The van der Waals surface area contributed by atoms with E-state index in [1.807, 2.05) is 0 Å². The van der Waals surface area contributed by atoms with Gasteiger partial charge in [0.25, 0.3) is 0 Å². The summed E-state index contributed by atoms with van der Waals surface area (Å²) in [6.45, 7) is 6.61. The molecule has 1 aromatic rings. The van der Waals surface area contributed by atoms with Crippen LogP contribution < -0.4 is 4.90 Å². The SMILES string of the molecule is CCN(CCCCCCl)c1ccccc1C. The van der Waals surface area contributed by atoms with Crippen molar-refractivity contribution in [2.24, 2.45) is 0 Å². The number of benzene rings is 1. The Morgan fingerprint density at radius 3 is 2.50 bits per heavy atom. The van der Waals surface area contributed by atoms with Gasteiger partial charge in [-0.3, -0.25) is 0 Å². The van der Waals surface area contributed by atoms with E-state index in [2.05, 4.69) is 43.0 Å². The molecule has 0 aromatic heterocycles. The molecule has 90 valence electrons. The second-order valence-corrected chi connectivity index (χ2v) is 4.49. The number of hydrogen-bond acceptors (Lipinski definition) is 1. The largest absolute Gasteiger partial charge is 0.372 e. The van der Waals surface area contributed by atoms with E-state index in [1.54, 1.807) is 0 Å². The normalized spacial score (nSPS) is 10.4. The summed E-state index contributed by atoms with van der Waals surface area (Å²) >= 11 is 5.68. The fraction of sp³-hybridized carbons (Fsp3) is 0.571. The average molecular weight is 240 g/mol. The molecule has 0 atom stereocenters. The number of aryl methyl sites for hydroxylation is 1. The molecule has 0 bridgehead atoms. The van der Waals surface area contributed by atoms with Gasteiger partial charge in [-0.15, -0.1) is 11.6 Å². The summed E-state index contributed by atoms with van der Waals surface area (Å²) in [4.78, 5) is 2.45. The van der Waals surface area contributed by atoms with E-state index in [0.717, 1.165) is 25.4 Å². The topological polar surface area (TPSA) is 3.24 Å². The fourth-order valence-electron chi connectivity index (χ4n) is 1.94. The molecule has 0 radical (unpaired) electrons. The third-order valence-corrected chi connectivity index (χ3v) is 3.17. The first-order valence-electron chi connectivity index (χ1n) is 6.16. The highest BCUT2D eigenvalue weighted by Gasteiger charge is 2.05. The van der Waals surface area contributed by atoms with E-state index in [0.29, 0.717) is 0 Å². The standard InChI is InChI=1S/C14H22ClN/c1-3-16(12-8-4-7-11-15)14-10-6-5-9-13(14)2/h5-6,9-10H,3-4,7-8,11-12H2,1-2H3. The molecular weight excluding hydrogens is 218 g/mol. The van der Waals surface area contributed by atoms with Crippen LogP contribution in [0.4, 0.5) is 5.69 Å². The number of unbranched alkanes of at least 4 members (excludes halogenated alkanes) is 2. The Hall–Kier alpha value is -0.690. The highest BCUT2D eigenvalue weighted by molar-refractivity contribution is 6.17. The van der Waals surface area contributed by atoms with E-state index in [-0.39, 0.29) is 0 Å². The summed E-state index contributed by atoms with van der Waals surface area (Å²) in [5.74, 6) is 0.788. The zero-order chi connectivity index (χ0) is 11.8. The lowest BCUT2D eigenvalue weighted by molar-refractivity contribution is 0.686. The Morgan fingerprint density at radius 2 is 1.88 bits per heavy atom. The van der Waals surface area contributed by atoms with Gasteiger partial charge in [0.05, 0.1) is 0 Å². The molecule has 0 spiro atoms. The van der Waals surface area contributed by atoms with Gasteiger partial charge >= 0.3 is 0 Å². The zero-order valence-electron chi connectivity index (χ0n) is 10.4. The molecule has 0 aliphatic carbocycles. The van der Waals surface area contributed by atoms with Crippen molar-refractivity contribution in [1.82, 2.24) is 0 Å². The van der Waals surface area contributed by atoms with Gasteiger partial charge in [-0.05, 0) is 38.3 Å². The van der Waals surface area contributed by atoms with Gasteiger partial charge in [-0.2, -0.15) is 0 Å². The first kappa shape index (κ1) is 13.4. The first-order chi connectivity index (χ1) is 7.79. The molecule has 0 heterocycles. The van der Waals surface area contributed by atoms with Crippen LogP contribution >= 0.6 is 11.6 Å². The molecule has 0 aliphatic heterocycles. The predicted octanol–water partition coefficient (Wildman–Crippen LogP) is 4.23. The molecule has 0 saturated heterocycles. The minimum atomic E-state index is 0.788. The molecule has 0 amide bonds. The van der Waals surface area contributed by atoms with Crippen LogP contribution in [0.25, 0.3) is 0 Å². The number of nitrogens with zero attached hydrogens (tertiary/aromatic N) is 1. The zero-order valence-corrected chi connectivity index (χ0v) is 11.1. The monoisotopic (exact) mass is 239 g/mol. The summed E-state index contributed by atoms with van der Waals surface area (Å²) in [5, 5.41) is 0. The lowest BCUT2D eigenvalue weighted by Gasteiger charge is -2.24. The van der Waals surface area contributed by atoms with Gasteiger partial charge in [0.1, 0.15) is 0 Å². The molecule has 0 aliphatic rings. The fourth-order valence-corrected chi connectivity index (χ4v) is 2.13. The van der Waals surface area contributed by atoms with Gasteiger partial charge in [-0.1, -0.05) is 24.6 Å². The maximum Gasteiger partial charge on any atom is 0.0395 e. The molecule has 0 fully saturated rings. The van der Waals surface area contributed by atoms with Crippen LogP contribution in [-0.4, -0.2) is 19.0 Å². The van der Waals surface area contributed by atoms with Gasteiger partial charge in [0, 0.05) is 24.7 Å². The second-order valence-electron chi connectivity index (χ2n) is 4.12. The smallest absolute Gasteiger partial charge is 0.0395 e. The summed E-state index contributed by atoms with van der Waals surface area (Å²) in [6, 6.07) is 8.60. The Morgan fingerprint density at radius 1 is 1.12 bits per heavy atom. The van der Waals surface area contributed by atoms with Crippen LogP contribution in [0.15, 0.2) is 24.3 Å². The molecule has 0 saturated carbocycles. The molecule has 1 rings (SSSR count). The lowest BCUT2D eigenvalue weighted by atomic mass is 10.1. The number of alkyl halides is 1. The highest BCUT2D eigenvalue weighted by Crippen LogP contribution is 2.19. The quantitative estimate of drug-likeness (QED) is 0.509. The number of anilines is 1. The number of halogens is 1. The van der Waals surface area contributed by atoms with E-state index in [9.17, 15) is 0 Å². The minimum Gasteiger partial charge on any atom is -0.372 e. The van der Waals surface area contributed by atoms with Crippen LogP contribution in [0.3, 0.4) is 0 Å². The molecule has 16 heavy (non-hydrogen) atoms. The van der Waals surface area contributed by atoms with Gasteiger partial charge in [-0.25, -0.2) is 0 Å². The summed E-state index contributed by atoms with van der Waals surface area (Å²) in [5.41, 5.74) is 2.73. The van der Waals surface area contributed by atoms with Crippen LogP contribution in [0.2, 0.25) is 0 Å². The average Bonchev–Trinajstić information content (AvgIpc) is 2.31. The Balaban J connectivity index is 2.51. The number of rotatable bonds is 7. The number of para-hydroxylation sites is 1. The predicted molar refractivity (Wildman–Crippen MR) is 73.6 cm³/mol. The highest BCUT2D eigenvalue weighted by atomic mass is 35.5. The summed E-state index contributed by atoms with van der Waals surface area (Å²) < 4.78 is 0. The maximum absolute atomic E-state index is 5.68. The van der Waals surface area contributed by atoms with Crippen molar-refractivity contribution in [2.45, 2.75) is 33.1 Å². The van der Waals surface area contributed by atoms with Gasteiger partial charge < -0.3 is 4.90 Å². The Kier molecular flexibility index (Phi) is 6.32. The van der Waals surface area contributed by atoms with Crippen molar-refractivity contribution in [2.75, 3.05) is 23.9 Å². The van der Waals surface area contributed by atoms with E-state index >= 15 is 0 Å². The van der Waals surface area contributed by atoms with Crippen LogP contribution in [0.1, 0.15) is 31.7 Å². The third kappa shape index (κ3) is 4.05. The van der Waals surface area contributed by atoms with E-state index < -0.39 is 0 Å². The Labute approximate surface area is 104 Å².